The van der Waals surface area contributed by atoms with E-state index in [9.17, 15) is 14.0 Å². The molecule has 2 aromatic carbocycles. The lowest BCUT2D eigenvalue weighted by Gasteiger charge is -2.22. The van der Waals surface area contributed by atoms with Crippen LogP contribution in [0, 0.1) is 5.82 Å². The van der Waals surface area contributed by atoms with E-state index < -0.39 is 11.9 Å². The normalized spacial score (nSPS) is 15.4. The van der Waals surface area contributed by atoms with Gasteiger partial charge in [0, 0.05) is 24.5 Å². The number of carbonyl (C=O) groups is 2. The number of ether oxygens (including phenoxy) is 2. The lowest BCUT2D eigenvalue weighted by molar-refractivity contribution is -0.132. The maximum atomic E-state index is 14.4. The molecular weight excluding hydrogens is 437 g/mol. The van der Waals surface area contributed by atoms with Gasteiger partial charge in [0.05, 0.1) is 13.3 Å². The molecule has 1 aromatic heterocycles. The summed E-state index contributed by atoms with van der Waals surface area (Å²) < 4.78 is 25.1. The minimum Gasteiger partial charge on any atom is -0.497 e. The van der Waals surface area contributed by atoms with Crippen molar-refractivity contribution in [3.05, 3.63) is 84.4 Å². The highest BCUT2D eigenvalue weighted by Crippen LogP contribution is 2.25. The molecule has 2 heterocycles. The van der Waals surface area contributed by atoms with Gasteiger partial charge in [0.1, 0.15) is 17.5 Å². The Balaban J connectivity index is 1.38. The van der Waals surface area contributed by atoms with Crippen molar-refractivity contribution in [1.82, 2.24) is 9.88 Å². The van der Waals surface area contributed by atoms with Crippen molar-refractivity contribution in [3.63, 3.8) is 0 Å². The van der Waals surface area contributed by atoms with Crippen LogP contribution in [0.25, 0.3) is 6.08 Å². The summed E-state index contributed by atoms with van der Waals surface area (Å²) in [7, 11) is 1.57. The Hall–Kier alpha value is -4.20. The van der Waals surface area contributed by atoms with Gasteiger partial charge in [-0.15, -0.1) is 0 Å². The predicted octanol–water partition coefficient (Wildman–Crippen LogP) is 4.66. The smallest absolute Gasteiger partial charge is 0.247 e. The number of nitrogens with zero attached hydrogens (tertiary/aromatic N) is 2. The number of pyridine rings is 1. The molecule has 0 spiro atoms. The van der Waals surface area contributed by atoms with Gasteiger partial charge in [0.15, 0.2) is 11.6 Å². The topological polar surface area (TPSA) is 80.8 Å². The van der Waals surface area contributed by atoms with Crippen LogP contribution < -0.4 is 14.8 Å². The van der Waals surface area contributed by atoms with Crippen LogP contribution >= 0.6 is 0 Å². The molecule has 1 aliphatic rings. The number of carbonyl (C=O) groups excluding carboxylic acids is 2. The van der Waals surface area contributed by atoms with Gasteiger partial charge in [-0.3, -0.25) is 14.6 Å². The monoisotopic (exact) mass is 461 g/mol. The number of amides is 2. The molecule has 8 heteroatoms. The summed E-state index contributed by atoms with van der Waals surface area (Å²) in [6.45, 7) is 0.482. The highest BCUT2D eigenvalue weighted by Gasteiger charge is 2.33. The molecule has 34 heavy (non-hydrogen) atoms. The zero-order valence-corrected chi connectivity index (χ0v) is 18.6. The number of hydrogen-bond donors (Lipinski definition) is 1. The van der Waals surface area contributed by atoms with Crippen LogP contribution in [-0.4, -0.2) is 41.4 Å². The van der Waals surface area contributed by atoms with Gasteiger partial charge in [0.25, 0.3) is 0 Å². The van der Waals surface area contributed by atoms with Gasteiger partial charge in [-0.1, -0.05) is 6.07 Å². The van der Waals surface area contributed by atoms with Gasteiger partial charge < -0.3 is 19.7 Å². The van der Waals surface area contributed by atoms with Crippen molar-refractivity contribution in [2.75, 3.05) is 19.0 Å². The van der Waals surface area contributed by atoms with E-state index in [0.29, 0.717) is 35.7 Å². The minimum absolute atomic E-state index is 0.0614. The first-order chi connectivity index (χ1) is 16.5. The standard InChI is InChI=1S/C26H24FN3O4/c1-33-20-10-8-19(9-11-20)29-26(32)23-5-3-15-30(23)25(31)13-7-18-6-12-24(22(27)16-18)34-21-4-2-14-28-17-21/h2,4,6-14,16-17,23H,3,5,15H2,1H3,(H,29,32)/b13-7+. The van der Waals surface area contributed by atoms with E-state index in [1.165, 1.54) is 35.4 Å². The zero-order chi connectivity index (χ0) is 23.9. The quantitative estimate of drug-likeness (QED) is 0.518. The first kappa shape index (κ1) is 23.0. The molecule has 1 saturated heterocycles. The molecule has 1 N–H and O–H groups in total. The van der Waals surface area contributed by atoms with Gasteiger partial charge >= 0.3 is 0 Å². The Morgan fingerprint density at radius 1 is 1.15 bits per heavy atom. The average molecular weight is 461 g/mol. The first-order valence-electron chi connectivity index (χ1n) is 10.8. The Morgan fingerprint density at radius 2 is 1.97 bits per heavy atom. The fourth-order valence-electron chi connectivity index (χ4n) is 3.70. The Labute approximate surface area is 196 Å². The van der Waals surface area contributed by atoms with Crippen molar-refractivity contribution in [2.24, 2.45) is 0 Å². The summed E-state index contributed by atoms with van der Waals surface area (Å²) in [5.41, 5.74) is 1.13. The number of likely N-dealkylation sites (tertiary alicyclic amines) is 1. The predicted molar refractivity (Wildman–Crippen MR) is 126 cm³/mol. The number of benzene rings is 2. The van der Waals surface area contributed by atoms with Crippen LogP contribution in [0.4, 0.5) is 10.1 Å². The summed E-state index contributed by atoms with van der Waals surface area (Å²) in [5, 5.41) is 2.85. The van der Waals surface area contributed by atoms with Crippen LogP contribution in [0.1, 0.15) is 18.4 Å². The SMILES string of the molecule is COc1ccc(NC(=O)C2CCCN2C(=O)/C=C/c2ccc(Oc3cccnc3)c(F)c2)cc1. The largest absolute Gasteiger partial charge is 0.497 e. The van der Waals surface area contributed by atoms with Gasteiger partial charge in [0.2, 0.25) is 11.8 Å². The summed E-state index contributed by atoms with van der Waals surface area (Å²) >= 11 is 0. The highest BCUT2D eigenvalue weighted by molar-refractivity contribution is 6.00. The van der Waals surface area contributed by atoms with E-state index in [1.807, 2.05) is 0 Å². The van der Waals surface area contributed by atoms with E-state index in [-0.39, 0.29) is 17.6 Å². The van der Waals surface area contributed by atoms with Crippen LogP contribution in [0.3, 0.4) is 0 Å². The molecule has 4 rings (SSSR count). The van der Waals surface area contributed by atoms with Crippen molar-refractivity contribution < 1.29 is 23.5 Å². The van der Waals surface area contributed by atoms with E-state index in [1.54, 1.807) is 55.8 Å². The number of nitrogens with one attached hydrogen (secondary N) is 1. The summed E-state index contributed by atoms with van der Waals surface area (Å²) in [6.07, 6.45) is 7.28. The molecule has 174 valence electrons. The van der Waals surface area contributed by atoms with Gasteiger partial charge in [-0.05, 0) is 73.0 Å². The molecule has 1 fully saturated rings. The number of methoxy groups -OCH3 is 1. The van der Waals surface area contributed by atoms with Crippen LogP contribution in [-0.2, 0) is 9.59 Å². The molecule has 0 bridgehead atoms. The zero-order valence-electron chi connectivity index (χ0n) is 18.6. The van der Waals surface area contributed by atoms with Crippen LogP contribution in [0.5, 0.6) is 17.2 Å². The molecular formula is C26H24FN3O4. The molecule has 2 amide bonds. The number of hydrogen-bond acceptors (Lipinski definition) is 5. The third-order valence-corrected chi connectivity index (χ3v) is 5.43. The maximum Gasteiger partial charge on any atom is 0.247 e. The lowest BCUT2D eigenvalue weighted by Crippen LogP contribution is -2.42. The summed E-state index contributed by atoms with van der Waals surface area (Å²) in [4.78, 5) is 31.0. The van der Waals surface area contributed by atoms with E-state index in [2.05, 4.69) is 10.3 Å². The fourth-order valence-corrected chi connectivity index (χ4v) is 3.70. The average Bonchev–Trinajstić information content (AvgIpc) is 3.36. The Kier molecular flexibility index (Phi) is 7.17. The second-order valence-electron chi connectivity index (χ2n) is 7.72. The van der Waals surface area contributed by atoms with Gasteiger partial charge in [-0.25, -0.2) is 4.39 Å². The van der Waals surface area contributed by atoms with Crippen LogP contribution in [0.2, 0.25) is 0 Å². The Bertz CT molecular complexity index is 1180. The summed E-state index contributed by atoms with van der Waals surface area (Å²) in [6, 6.07) is 14.2. The molecule has 0 saturated carbocycles. The number of aromatic nitrogens is 1. The highest BCUT2D eigenvalue weighted by atomic mass is 19.1. The molecule has 1 aliphatic heterocycles. The van der Waals surface area contributed by atoms with E-state index in [4.69, 9.17) is 9.47 Å². The van der Waals surface area contributed by atoms with E-state index >= 15 is 0 Å². The van der Waals surface area contributed by atoms with Crippen molar-refractivity contribution in [1.29, 1.82) is 0 Å². The number of rotatable bonds is 7. The minimum atomic E-state index is -0.564. The third kappa shape index (κ3) is 5.58. The van der Waals surface area contributed by atoms with Crippen molar-refractivity contribution in [3.8, 4) is 17.2 Å². The molecule has 3 aromatic rings. The maximum absolute atomic E-state index is 14.4. The number of halogens is 1. The molecule has 1 unspecified atom stereocenters. The fraction of sp³-hybridized carbons (Fsp3) is 0.192. The summed E-state index contributed by atoms with van der Waals surface area (Å²) in [5.74, 6) is 0.0697. The lowest BCUT2D eigenvalue weighted by atomic mass is 10.1. The second-order valence-corrected chi connectivity index (χ2v) is 7.72. The molecule has 1 atom stereocenters. The third-order valence-electron chi connectivity index (χ3n) is 5.43. The molecule has 7 nitrogen and oxygen atoms in total. The first-order valence-corrected chi connectivity index (χ1v) is 10.8. The van der Waals surface area contributed by atoms with Crippen LogP contribution in [0.15, 0.2) is 73.1 Å². The van der Waals surface area contributed by atoms with E-state index in [0.717, 1.165) is 6.42 Å². The molecule has 0 aliphatic carbocycles. The second kappa shape index (κ2) is 10.6. The molecule has 0 radical (unpaired) electrons. The van der Waals surface area contributed by atoms with Crippen molar-refractivity contribution >= 4 is 23.6 Å². The van der Waals surface area contributed by atoms with Crippen molar-refractivity contribution in [2.45, 2.75) is 18.9 Å². The van der Waals surface area contributed by atoms with Gasteiger partial charge in [-0.2, -0.15) is 0 Å². The Morgan fingerprint density at radius 3 is 2.68 bits per heavy atom. The number of anilines is 1.